The highest BCUT2D eigenvalue weighted by Crippen LogP contribution is 2.06. The first kappa shape index (κ1) is 8.00. The van der Waals surface area contributed by atoms with Crippen molar-refractivity contribution in [1.82, 2.24) is 14.6 Å². The van der Waals surface area contributed by atoms with Crippen LogP contribution in [-0.4, -0.2) is 21.1 Å². The second-order valence-corrected chi connectivity index (χ2v) is 2.86. The lowest BCUT2D eigenvalue weighted by atomic mass is 10.3. The third-order valence-electron chi connectivity index (χ3n) is 1.78. The topological polar surface area (TPSA) is 82.2 Å². The van der Waals surface area contributed by atoms with Gasteiger partial charge in [-0.1, -0.05) is 0 Å². The molecule has 0 atom stereocenters. The van der Waals surface area contributed by atoms with E-state index in [1.165, 1.54) is 0 Å². The fraction of sp³-hybridized carbons (Fsp3) is 0.250. The van der Waals surface area contributed by atoms with Crippen LogP contribution in [0.2, 0.25) is 0 Å². The molecule has 0 aromatic carbocycles. The first-order valence-corrected chi connectivity index (χ1v) is 4.09. The Morgan fingerprint density at radius 2 is 2.31 bits per heavy atom. The molecular formula is C8H11N5. The van der Waals surface area contributed by atoms with E-state index in [1.807, 2.05) is 6.07 Å². The van der Waals surface area contributed by atoms with E-state index < -0.39 is 0 Å². The van der Waals surface area contributed by atoms with Gasteiger partial charge in [-0.05, 0) is 6.54 Å². The van der Waals surface area contributed by atoms with Gasteiger partial charge in [0.25, 0.3) is 0 Å². The van der Waals surface area contributed by atoms with Crippen LogP contribution in [0.25, 0.3) is 5.65 Å². The van der Waals surface area contributed by atoms with Crippen LogP contribution in [0.4, 0.5) is 5.69 Å². The van der Waals surface area contributed by atoms with Crippen LogP contribution in [-0.2, 0) is 6.42 Å². The summed E-state index contributed by atoms with van der Waals surface area (Å²) in [5.74, 6) is 0. The molecule has 0 spiro atoms. The molecule has 0 aliphatic heterocycles. The van der Waals surface area contributed by atoms with E-state index in [2.05, 4.69) is 10.1 Å². The van der Waals surface area contributed by atoms with Crippen LogP contribution >= 0.6 is 0 Å². The van der Waals surface area contributed by atoms with Crippen molar-refractivity contribution in [2.24, 2.45) is 5.73 Å². The summed E-state index contributed by atoms with van der Waals surface area (Å²) in [7, 11) is 0. The van der Waals surface area contributed by atoms with Gasteiger partial charge >= 0.3 is 0 Å². The second kappa shape index (κ2) is 3.02. The second-order valence-electron chi connectivity index (χ2n) is 2.86. The Balaban J connectivity index is 2.49. The van der Waals surface area contributed by atoms with Crippen LogP contribution in [0.5, 0.6) is 0 Å². The minimum atomic E-state index is 0.597. The fourth-order valence-electron chi connectivity index (χ4n) is 1.21. The lowest BCUT2D eigenvalue weighted by molar-refractivity contribution is 0.856. The zero-order chi connectivity index (χ0) is 9.26. The summed E-state index contributed by atoms with van der Waals surface area (Å²) < 4.78 is 1.67. The van der Waals surface area contributed by atoms with Gasteiger partial charge in [0.15, 0.2) is 5.65 Å². The van der Waals surface area contributed by atoms with Gasteiger partial charge in [-0.15, -0.1) is 0 Å². The summed E-state index contributed by atoms with van der Waals surface area (Å²) in [6.45, 7) is 0.597. The van der Waals surface area contributed by atoms with E-state index in [0.29, 0.717) is 12.2 Å². The SMILES string of the molecule is NCCc1cc2ncc(N)cn2n1. The van der Waals surface area contributed by atoms with Crippen molar-refractivity contribution in [1.29, 1.82) is 0 Å². The Kier molecular flexibility index (Phi) is 1.86. The molecule has 68 valence electrons. The van der Waals surface area contributed by atoms with E-state index in [-0.39, 0.29) is 0 Å². The van der Waals surface area contributed by atoms with Crippen molar-refractivity contribution in [2.45, 2.75) is 6.42 Å². The smallest absolute Gasteiger partial charge is 0.155 e. The molecule has 0 bridgehead atoms. The van der Waals surface area contributed by atoms with Crippen molar-refractivity contribution < 1.29 is 0 Å². The van der Waals surface area contributed by atoms with Crippen molar-refractivity contribution in [3.63, 3.8) is 0 Å². The van der Waals surface area contributed by atoms with E-state index >= 15 is 0 Å². The molecule has 0 fully saturated rings. The van der Waals surface area contributed by atoms with Crippen LogP contribution in [0.3, 0.4) is 0 Å². The Bertz CT molecular complexity index is 419. The van der Waals surface area contributed by atoms with E-state index in [9.17, 15) is 0 Å². The molecule has 0 amide bonds. The molecular weight excluding hydrogens is 166 g/mol. The molecule has 13 heavy (non-hydrogen) atoms. The average molecular weight is 177 g/mol. The molecule has 0 unspecified atom stereocenters. The molecule has 0 saturated heterocycles. The van der Waals surface area contributed by atoms with Gasteiger partial charge in [0.1, 0.15) is 0 Å². The zero-order valence-corrected chi connectivity index (χ0v) is 7.14. The van der Waals surface area contributed by atoms with Crippen molar-refractivity contribution in [3.05, 3.63) is 24.2 Å². The molecule has 2 rings (SSSR count). The zero-order valence-electron chi connectivity index (χ0n) is 7.14. The molecule has 0 radical (unpaired) electrons. The first-order valence-electron chi connectivity index (χ1n) is 4.09. The summed E-state index contributed by atoms with van der Waals surface area (Å²) in [5, 5.41) is 4.26. The quantitative estimate of drug-likeness (QED) is 0.666. The number of hydrogen-bond acceptors (Lipinski definition) is 4. The number of anilines is 1. The predicted octanol–water partition coefficient (Wildman–Crippen LogP) is -0.187. The molecule has 0 aliphatic rings. The van der Waals surface area contributed by atoms with Crippen LogP contribution in [0, 0.1) is 0 Å². The Hall–Kier alpha value is -1.62. The first-order chi connectivity index (χ1) is 6.29. The number of rotatable bonds is 2. The largest absolute Gasteiger partial charge is 0.396 e. The maximum Gasteiger partial charge on any atom is 0.155 e. The number of nitrogens with zero attached hydrogens (tertiary/aromatic N) is 3. The fourth-order valence-corrected chi connectivity index (χ4v) is 1.21. The number of aromatic nitrogens is 3. The third-order valence-corrected chi connectivity index (χ3v) is 1.78. The maximum absolute atomic E-state index is 5.56. The Morgan fingerprint density at radius 3 is 3.08 bits per heavy atom. The molecule has 2 aromatic rings. The highest BCUT2D eigenvalue weighted by molar-refractivity contribution is 5.44. The maximum atomic E-state index is 5.56. The normalized spacial score (nSPS) is 10.8. The minimum absolute atomic E-state index is 0.597. The lowest BCUT2D eigenvalue weighted by Gasteiger charge is -1.92. The number of hydrogen-bond donors (Lipinski definition) is 2. The molecule has 0 aliphatic carbocycles. The summed E-state index contributed by atoms with van der Waals surface area (Å²) in [6.07, 6.45) is 4.12. The van der Waals surface area contributed by atoms with Gasteiger partial charge in [0.2, 0.25) is 0 Å². The minimum Gasteiger partial charge on any atom is -0.396 e. The number of fused-ring (bicyclic) bond motifs is 1. The standard InChI is InChI=1S/C8H11N5/c9-2-1-7-3-8-11-4-6(10)5-13(8)12-7/h3-5H,1-2,9-10H2. The average Bonchev–Trinajstić information content (AvgIpc) is 2.46. The van der Waals surface area contributed by atoms with Crippen LogP contribution < -0.4 is 11.5 Å². The molecule has 0 saturated carbocycles. The van der Waals surface area contributed by atoms with Gasteiger partial charge < -0.3 is 11.5 Å². The van der Waals surface area contributed by atoms with Gasteiger partial charge in [-0.2, -0.15) is 5.10 Å². The summed E-state index contributed by atoms with van der Waals surface area (Å²) in [6, 6.07) is 1.91. The van der Waals surface area contributed by atoms with Crippen LogP contribution in [0.15, 0.2) is 18.5 Å². The third kappa shape index (κ3) is 1.46. The van der Waals surface area contributed by atoms with Crippen molar-refractivity contribution in [3.8, 4) is 0 Å². The molecule has 5 nitrogen and oxygen atoms in total. The lowest BCUT2D eigenvalue weighted by Crippen LogP contribution is -2.03. The number of nitrogen functional groups attached to an aromatic ring is 1. The van der Waals surface area contributed by atoms with Crippen molar-refractivity contribution in [2.75, 3.05) is 12.3 Å². The van der Waals surface area contributed by atoms with E-state index in [0.717, 1.165) is 17.8 Å². The van der Waals surface area contributed by atoms with Crippen molar-refractivity contribution >= 4 is 11.3 Å². The molecule has 5 heteroatoms. The predicted molar refractivity (Wildman–Crippen MR) is 50.2 cm³/mol. The molecule has 2 heterocycles. The van der Waals surface area contributed by atoms with Crippen LogP contribution in [0.1, 0.15) is 5.69 Å². The Morgan fingerprint density at radius 1 is 1.46 bits per heavy atom. The monoisotopic (exact) mass is 177 g/mol. The summed E-state index contributed by atoms with van der Waals surface area (Å²) >= 11 is 0. The van der Waals surface area contributed by atoms with Gasteiger partial charge in [0, 0.05) is 12.5 Å². The van der Waals surface area contributed by atoms with Gasteiger partial charge in [-0.25, -0.2) is 9.50 Å². The van der Waals surface area contributed by atoms with Gasteiger partial charge in [-0.3, -0.25) is 0 Å². The number of nitrogens with two attached hydrogens (primary N) is 2. The molecule has 2 aromatic heterocycles. The molecule has 4 N–H and O–H groups in total. The van der Waals surface area contributed by atoms with Gasteiger partial charge in [0.05, 0.1) is 23.8 Å². The summed E-state index contributed by atoms with van der Waals surface area (Å²) in [5.41, 5.74) is 13.3. The highest BCUT2D eigenvalue weighted by Gasteiger charge is 2.01. The Labute approximate surface area is 75.4 Å². The highest BCUT2D eigenvalue weighted by atomic mass is 15.2. The summed E-state index contributed by atoms with van der Waals surface area (Å²) in [4.78, 5) is 4.12. The van der Waals surface area contributed by atoms with E-state index in [4.69, 9.17) is 11.5 Å². The van der Waals surface area contributed by atoms with E-state index in [1.54, 1.807) is 16.9 Å².